The highest BCUT2D eigenvalue weighted by Gasteiger charge is 2.30. The minimum atomic E-state index is -4.51. The van der Waals surface area contributed by atoms with Crippen molar-refractivity contribution in [2.45, 2.75) is 13.1 Å². The van der Waals surface area contributed by atoms with Crippen LogP contribution in [-0.2, 0) is 6.18 Å². The highest BCUT2D eigenvalue weighted by Crippen LogP contribution is 2.29. The predicted octanol–water partition coefficient (Wildman–Crippen LogP) is 4.52. The van der Waals surface area contributed by atoms with Crippen LogP contribution < -0.4 is 0 Å². The van der Waals surface area contributed by atoms with Gasteiger partial charge in [-0.3, -0.25) is 4.79 Å². The van der Waals surface area contributed by atoms with Crippen LogP contribution in [0, 0.1) is 18.6 Å². The molecular formula is C15H9F5O. The average Bonchev–Trinajstić information content (AvgIpc) is 2.41. The van der Waals surface area contributed by atoms with Crippen molar-refractivity contribution in [3.8, 4) is 0 Å². The third-order valence-electron chi connectivity index (χ3n) is 2.97. The molecule has 0 radical (unpaired) electrons. The smallest absolute Gasteiger partial charge is 0.288 e. The van der Waals surface area contributed by atoms with Crippen molar-refractivity contribution in [2.24, 2.45) is 0 Å². The monoisotopic (exact) mass is 300 g/mol. The van der Waals surface area contributed by atoms with E-state index in [1.54, 1.807) is 0 Å². The number of alkyl halides is 3. The Morgan fingerprint density at radius 1 is 0.952 bits per heavy atom. The lowest BCUT2D eigenvalue weighted by atomic mass is 10.00. The van der Waals surface area contributed by atoms with Crippen LogP contribution in [0.5, 0.6) is 0 Å². The SMILES string of the molecule is Cc1cc(C(=O)c2ccc(C(F)(F)F)cc2)c(F)cc1F. The molecule has 0 N–H and O–H groups in total. The van der Waals surface area contributed by atoms with Gasteiger partial charge in [0.25, 0.3) is 0 Å². The van der Waals surface area contributed by atoms with Gasteiger partial charge < -0.3 is 0 Å². The van der Waals surface area contributed by atoms with Crippen molar-refractivity contribution in [2.75, 3.05) is 0 Å². The minimum absolute atomic E-state index is 0.0756. The predicted molar refractivity (Wildman–Crippen MR) is 66.0 cm³/mol. The quantitative estimate of drug-likeness (QED) is 0.588. The number of rotatable bonds is 2. The van der Waals surface area contributed by atoms with Crippen LogP contribution in [-0.4, -0.2) is 5.78 Å². The van der Waals surface area contributed by atoms with Crippen LogP contribution in [0.25, 0.3) is 0 Å². The van der Waals surface area contributed by atoms with E-state index in [0.717, 1.165) is 30.3 Å². The lowest BCUT2D eigenvalue weighted by molar-refractivity contribution is -0.137. The summed E-state index contributed by atoms with van der Waals surface area (Å²) < 4.78 is 64.0. The molecule has 0 aliphatic carbocycles. The summed E-state index contributed by atoms with van der Waals surface area (Å²) in [6.07, 6.45) is -4.51. The van der Waals surface area contributed by atoms with E-state index in [9.17, 15) is 26.7 Å². The summed E-state index contributed by atoms with van der Waals surface area (Å²) in [6.45, 7) is 1.36. The third-order valence-corrected chi connectivity index (χ3v) is 2.97. The van der Waals surface area contributed by atoms with E-state index in [1.807, 2.05) is 0 Å². The molecule has 1 nitrogen and oxygen atoms in total. The maximum atomic E-state index is 13.6. The summed E-state index contributed by atoms with van der Waals surface area (Å²) in [5.74, 6) is -2.65. The standard InChI is InChI=1S/C15H9F5O/c1-8-6-11(13(17)7-12(8)16)14(21)9-2-4-10(5-3-9)15(18,19)20/h2-7H,1H3. The largest absolute Gasteiger partial charge is 0.416 e. The van der Waals surface area contributed by atoms with Crippen LogP contribution in [0.15, 0.2) is 36.4 Å². The first-order valence-electron chi connectivity index (χ1n) is 5.88. The second-order valence-electron chi connectivity index (χ2n) is 4.49. The number of hydrogen-bond donors (Lipinski definition) is 0. The number of hydrogen-bond acceptors (Lipinski definition) is 1. The number of halogens is 5. The van der Waals surface area contributed by atoms with Crippen molar-refractivity contribution in [1.82, 2.24) is 0 Å². The molecule has 2 aromatic rings. The Morgan fingerprint density at radius 3 is 2.05 bits per heavy atom. The van der Waals surface area contributed by atoms with E-state index in [2.05, 4.69) is 0 Å². The van der Waals surface area contributed by atoms with E-state index < -0.39 is 29.2 Å². The summed E-state index contributed by atoms with van der Waals surface area (Å²) in [7, 11) is 0. The van der Waals surface area contributed by atoms with Crippen molar-refractivity contribution >= 4 is 5.78 Å². The first-order valence-corrected chi connectivity index (χ1v) is 5.88. The van der Waals surface area contributed by atoms with Crippen molar-refractivity contribution < 1.29 is 26.7 Å². The van der Waals surface area contributed by atoms with Gasteiger partial charge in [0.2, 0.25) is 0 Å². The van der Waals surface area contributed by atoms with Gasteiger partial charge in [-0.1, -0.05) is 12.1 Å². The van der Waals surface area contributed by atoms with E-state index in [4.69, 9.17) is 0 Å². The molecule has 2 rings (SSSR count). The Hall–Kier alpha value is -2.24. The maximum absolute atomic E-state index is 13.6. The third kappa shape index (κ3) is 3.09. The molecule has 0 spiro atoms. The fourth-order valence-corrected chi connectivity index (χ4v) is 1.80. The topological polar surface area (TPSA) is 17.1 Å². The van der Waals surface area contributed by atoms with Gasteiger partial charge in [0.15, 0.2) is 5.78 Å². The van der Waals surface area contributed by atoms with Crippen LogP contribution in [0.2, 0.25) is 0 Å². The van der Waals surface area contributed by atoms with Gasteiger partial charge in [-0.05, 0) is 30.7 Å². The van der Waals surface area contributed by atoms with Gasteiger partial charge in [-0.15, -0.1) is 0 Å². The molecule has 6 heteroatoms. The summed E-state index contributed by atoms with van der Waals surface area (Å²) in [5.41, 5.74) is -1.32. The Labute approximate surface area is 117 Å². The van der Waals surface area contributed by atoms with Gasteiger partial charge in [-0.25, -0.2) is 8.78 Å². The van der Waals surface area contributed by atoms with Crippen LogP contribution in [0.3, 0.4) is 0 Å². The Kier molecular flexibility index (Phi) is 3.80. The average molecular weight is 300 g/mol. The summed E-state index contributed by atoms with van der Waals surface area (Å²) in [6, 6.07) is 5.01. The molecule has 2 aromatic carbocycles. The number of ketones is 1. The zero-order valence-electron chi connectivity index (χ0n) is 10.8. The van der Waals surface area contributed by atoms with Crippen molar-refractivity contribution in [3.05, 3.63) is 70.3 Å². The normalized spacial score (nSPS) is 11.5. The summed E-state index contributed by atoms with van der Waals surface area (Å²) in [5, 5.41) is 0. The Bertz CT molecular complexity index is 686. The molecule has 0 fully saturated rings. The summed E-state index contributed by atoms with van der Waals surface area (Å²) in [4.78, 5) is 12.0. The molecular weight excluding hydrogens is 291 g/mol. The first-order chi connectivity index (χ1) is 9.70. The lowest BCUT2D eigenvalue weighted by Crippen LogP contribution is -2.08. The Morgan fingerprint density at radius 2 is 1.52 bits per heavy atom. The van der Waals surface area contributed by atoms with Crippen LogP contribution in [0.4, 0.5) is 22.0 Å². The lowest BCUT2D eigenvalue weighted by Gasteiger charge is -2.08. The fourth-order valence-electron chi connectivity index (χ4n) is 1.80. The molecule has 0 saturated carbocycles. The molecule has 21 heavy (non-hydrogen) atoms. The van der Waals surface area contributed by atoms with Gasteiger partial charge in [0, 0.05) is 11.6 Å². The first kappa shape index (κ1) is 15.2. The van der Waals surface area contributed by atoms with E-state index >= 15 is 0 Å². The van der Waals surface area contributed by atoms with Crippen molar-refractivity contribution in [3.63, 3.8) is 0 Å². The molecule has 0 aromatic heterocycles. The molecule has 0 unspecified atom stereocenters. The molecule has 0 aliphatic rings. The van der Waals surface area contributed by atoms with E-state index in [1.165, 1.54) is 6.92 Å². The van der Waals surface area contributed by atoms with Gasteiger partial charge in [0.1, 0.15) is 11.6 Å². The molecule has 0 saturated heterocycles. The van der Waals surface area contributed by atoms with Gasteiger partial charge in [-0.2, -0.15) is 13.2 Å². The molecule has 0 heterocycles. The zero-order chi connectivity index (χ0) is 15.8. The molecule has 0 amide bonds. The summed E-state index contributed by atoms with van der Waals surface area (Å²) >= 11 is 0. The van der Waals surface area contributed by atoms with Gasteiger partial charge >= 0.3 is 6.18 Å². The van der Waals surface area contributed by atoms with Crippen LogP contribution >= 0.6 is 0 Å². The van der Waals surface area contributed by atoms with E-state index in [0.29, 0.717) is 6.07 Å². The number of aryl methyl sites for hydroxylation is 1. The Balaban J connectivity index is 2.39. The van der Waals surface area contributed by atoms with Gasteiger partial charge in [0.05, 0.1) is 11.1 Å². The second kappa shape index (κ2) is 5.27. The zero-order valence-corrected chi connectivity index (χ0v) is 10.8. The van der Waals surface area contributed by atoms with Crippen molar-refractivity contribution in [1.29, 1.82) is 0 Å². The minimum Gasteiger partial charge on any atom is -0.288 e. The number of carbonyl (C=O) groups excluding carboxylic acids is 1. The molecule has 0 aliphatic heterocycles. The van der Waals surface area contributed by atoms with Crippen LogP contribution in [0.1, 0.15) is 27.0 Å². The molecule has 0 atom stereocenters. The fraction of sp³-hybridized carbons (Fsp3) is 0.133. The molecule has 110 valence electrons. The number of benzene rings is 2. The van der Waals surface area contributed by atoms with E-state index in [-0.39, 0.29) is 16.7 Å². The highest BCUT2D eigenvalue weighted by molar-refractivity contribution is 6.09. The highest BCUT2D eigenvalue weighted by atomic mass is 19.4. The maximum Gasteiger partial charge on any atom is 0.416 e. The second-order valence-corrected chi connectivity index (χ2v) is 4.49. The molecule has 0 bridgehead atoms. The number of carbonyl (C=O) groups is 1.